The molecular formula is C15H22O. The monoisotopic (exact) mass is 218 g/mol. The molecule has 0 fully saturated rings. The molecule has 0 heterocycles. The number of hydrogen-bond acceptors (Lipinski definition) is 1. The highest BCUT2D eigenvalue weighted by atomic mass is 16.5. The first-order valence-corrected chi connectivity index (χ1v) is 6.65. The van der Waals surface area contributed by atoms with E-state index in [2.05, 4.69) is 25.1 Å². The van der Waals surface area contributed by atoms with Crippen LogP contribution in [0.1, 0.15) is 50.2 Å². The zero-order chi connectivity index (χ0) is 11.2. The van der Waals surface area contributed by atoms with Crippen LogP contribution in [0.3, 0.4) is 0 Å². The highest BCUT2D eigenvalue weighted by molar-refractivity contribution is 5.41. The van der Waals surface area contributed by atoms with Gasteiger partial charge in [0, 0.05) is 0 Å². The Hall–Kier alpha value is -0.980. The number of aryl methyl sites for hydroxylation is 1. The van der Waals surface area contributed by atoms with E-state index in [4.69, 9.17) is 4.74 Å². The van der Waals surface area contributed by atoms with E-state index in [1.54, 1.807) is 0 Å². The summed E-state index contributed by atoms with van der Waals surface area (Å²) >= 11 is 0. The van der Waals surface area contributed by atoms with Gasteiger partial charge in [0.25, 0.3) is 0 Å². The maximum atomic E-state index is 5.91. The van der Waals surface area contributed by atoms with Crippen LogP contribution in [-0.2, 0) is 12.8 Å². The Labute approximate surface area is 98.8 Å². The summed E-state index contributed by atoms with van der Waals surface area (Å²) in [6.45, 7) is 3.11. The molecule has 0 unspecified atom stereocenters. The summed E-state index contributed by atoms with van der Waals surface area (Å²) in [6, 6.07) is 6.53. The Kier molecular flexibility index (Phi) is 4.26. The molecular weight excluding hydrogens is 196 g/mol. The summed E-state index contributed by atoms with van der Waals surface area (Å²) in [5.41, 5.74) is 2.99. The van der Waals surface area contributed by atoms with Gasteiger partial charge in [-0.2, -0.15) is 0 Å². The minimum atomic E-state index is 0.879. The maximum absolute atomic E-state index is 5.91. The molecule has 0 aromatic heterocycles. The van der Waals surface area contributed by atoms with Gasteiger partial charge in [-0.1, -0.05) is 31.9 Å². The fourth-order valence-electron chi connectivity index (χ4n) is 2.42. The quantitative estimate of drug-likeness (QED) is 0.675. The molecule has 0 spiro atoms. The highest BCUT2D eigenvalue weighted by Gasteiger charge is 2.13. The van der Waals surface area contributed by atoms with E-state index in [0.29, 0.717) is 0 Å². The van der Waals surface area contributed by atoms with E-state index in [1.165, 1.54) is 56.1 Å². The Balaban J connectivity index is 1.97. The molecule has 88 valence electrons. The lowest BCUT2D eigenvalue weighted by Crippen LogP contribution is -2.06. The van der Waals surface area contributed by atoms with Crippen LogP contribution in [0, 0.1) is 0 Å². The van der Waals surface area contributed by atoms with Crippen molar-refractivity contribution < 1.29 is 4.74 Å². The molecule has 1 aliphatic rings. The Morgan fingerprint density at radius 3 is 2.88 bits per heavy atom. The van der Waals surface area contributed by atoms with Crippen LogP contribution >= 0.6 is 0 Å². The number of benzene rings is 1. The summed E-state index contributed by atoms with van der Waals surface area (Å²) in [5, 5.41) is 0. The predicted molar refractivity (Wildman–Crippen MR) is 68.1 cm³/mol. The first kappa shape index (κ1) is 11.5. The average Bonchev–Trinajstić information content (AvgIpc) is 2.35. The Bertz CT molecular complexity index is 330. The molecule has 1 aromatic carbocycles. The van der Waals surface area contributed by atoms with Crippen LogP contribution in [0.25, 0.3) is 0 Å². The summed E-state index contributed by atoms with van der Waals surface area (Å²) in [7, 11) is 0. The maximum Gasteiger partial charge on any atom is 0.122 e. The van der Waals surface area contributed by atoms with Crippen molar-refractivity contribution >= 4 is 0 Å². The number of unbranched alkanes of at least 4 members (excludes halogenated alkanes) is 2. The van der Waals surface area contributed by atoms with Gasteiger partial charge in [0.2, 0.25) is 0 Å². The summed E-state index contributed by atoms with van der Waals surface area (Å²) < 4.78 is 5.91. The Morgan fingerprint density at radius 2 is 2.00 bits per heavy atom. The first-order valence-electron chi connectivity index (χ1n) is 6.65. The molecule has 1 heteroatoms. The smallest absolute Gasteiger partial charge is 0.122 e. The lowest BCUT2D eigenvalue weighted by Gasteiger charge is -2.19. The van der Waals surface area contributed by atoms with Gasteiger partial charge in [-0.3, -0.25) is 0 Å². The van der Waals surface area contributed by atoms with Crippen LogP contribution in [0.4, 0.5) is 0 Å². The standard InChI is InChI=1S/C15H22O/c1-2-3-6-12-16-15-11-7-9-13-8-4-5-10-14(13)15/h7,9,11H,2-6,8,10,12H2,1H3. The van der Waals surface area contributed by atoms with Gasteiger partial charge in [0.05, 0.1) is 6.61 Å². The zero-order valence-corrected chi connectivity index (χ0v) is 10.3. The van der Waals surface area contributed by atoms with Crippen molar-refractivity contribution in [1.29, 1.82) is 0 Å². The fraction of sp³-hybridized carbons (Fsp3) is 0.600. The van der Waals surface area contributed by atoms with Gasteiger partial charge in [-0.05, 0) is 49.3 Å². The third-order valence-corrected chi connectivity index (χ3v) is 3.36. The summed E-state index contributed by atoms with van der Waals surface area (Å²) in [4.78, 5) is 0. The van der Waals surface area contributed by atoms with Crippen LogP contribution in [0.15, 0.2) is 18.2 Å². The lowest BCUT2D eigenvalue weighted by molar-refractivity contribution is 0.302. The first-order chi connectivity index (χ1) is 7.92. The predicted octanol–water partition coefficient (Wildman–Crippen LogP) is 4.13. The lowest BCUT2D eigenvalue weighted by atomic mass is 9.91. The van der Waals surface area contributed by atoms with E-state index >= 15 is 0 Å². The molecule has 0 bridgehead atoms. The van der Waals surface area contributed by atoms with Crippen molar-refractivity contribution in [3.05, 3.63) is 29.3 Å². The summed E-state index contributed by atoms with van der Waals surface area (Å²) in [6.07, 6.45) is 8.82. The SMILES string of the molecule is CCCCCOc1cccc2c1CCCC2. The summed E-state index contributed by atoms with van der Waals surface area (Å²) in [5.74, 6) is 1.15. The number of ether oxygens (including phenoxy) is 1. The molecule has 1 nitrogen and oxygen atoms in total. The minimum Gasteiger partial charge on any atom is -0.493 e. The third kappa shape index (κ3) is 2.78. The molecule has 16 heavy (non-hydrogen) atoms. The van der Waals surface area contributed by atoms with Crippen LogP contribution in [-0.4, -0.2) is 6.61 Å². The number of rotatable bonds is 5. The minimum absolute atomic E-state index is 0.879. The molecule has 0 saturated heterocycles. The largest absolute Gasteiger partial charge is 0.493 e. The fourth-order valence-corrected chi connectivity index (χ4v) is 2.42. The molecule has 0 N–H and O–H groups in total. The number of fused-ring (bicyclic) bond motifs is 1. The van der Waals surface area contributed by atoms with Crippen molar-refractivity contribution in [3.8, 4) is 5.75 Å². The molecule has 0 amide bonds. The van der Waals surface area contributed by atoms with Crippen molar-refractivity contribution in [2.45, 2.75) is 51.9 Å². The second-order valence-electron chi connectivity index (χ2n) is 4.66. The number of hydrogen-bond donors (Lipinski definition) is 0. The van der Waals surface area contributed by atoms with E-state index < -0.39 is 0 Å². The normalized spacial score (nSPS) is 14.6. The average molecular weight is 218 g/mol. The molecule has 0 atom stereocenters. The molecule has 0 aliphatic heterocycles. The van der Waals surface area contributed by atoms with Gasteiger partial charge in [0.1, 0.15) is 5.75 Å². The van der Waals surface area contributed by atoms with E-state index in [9.17, 15) is 0 Å². The van der Waals surface area contributed by atoms with E-state index in [0.717, 1.165) is 12.4 Å². The van der Waals surface area contributed by atoms with Crippen molar-refractivity contribution in [2.75, 3.05) is 6.61 Å². The highest BCUT2D eigenvalue weighted by Crippen LogP contribution is 2.29. The second kappa shape index (κ2) is 5.93. The topological polar surface area (TPSA) is 9.23 Å². The van der Waals surface area contributed by atoms with Gasteiger partial charge in [0.15, 0.2) is 0 Å². The molecule has 2 rings (SSSR count). The van der Waals surface area contributed by atoms with Gasteiger partial charge in [-0.15, -0.1) is 0 Å². The second-order valence-corrected chi connectivity index (χ2v) is 4.66. The van der Waals surface area contributed by atoms with E-state index in [1.807, 2.05) is 0 Å². The third-order valence-electron chi connectivity index (χ3n) is 3.36. The van der Waals surface area contributed by atoms with Crippen LogP contribution in [0.5, 0.6) is 5.75 Å². The molecule has 1 aliphatic carbocycles. The van der Waals surface area contributed by atoms with Crippen molar-refractivity contribution in [3.63, 3.8) is 0 Å². The van der Waals surface area contributed by atoms with Crippen LogP contribution in [0.2, 0.25) is 0 Å². The van der Waals surface area contributed by atoms with E-state index in [-0.39, 0.29) is 0 Å². The molecule has 0 radical (unpaired) electrons. The van der Waals surface area contributed by atoms with Crippen molar-refractivity contribution in [2.24, 2.45) is 0 Å². The van der Waals surface area contributed by atoms with Gasteiger partial charge in [-0.25, -0.2) is 0 Å². The van der Waals surface area contributed by atoms with Gasteiger partial charge < -0.3 is 4.74 Å². The van der Waals surface area contributed by atoms with Crippen LogP contribution < -0.4 is 4.74 Å². The van der Waals surface area contributed by atoms with Crippen molar-refractivity contribution in [1.82, 2.24) is 0 Å². The van der Waals surface area contributed by atoms with Gasteiger partial charge >= 0.3 is 0 Å². The molecule has 0 saturated carbocycles. The Morgan fingerprint density at radius 1 is 1.12 bits per heavy atom. The molecule has 1 aromatic rings. The zero-order valence-electron chi connectivity index (χ0n) is 10.3.